The Hall–Kier alpha value is -0.900. The number of ether oxygens (including phenoxy) is 1. The Balaban J connectivity index is 0.00000288. The summed E-state index contributed by atoms with van der Waals surface area (Å²) in [5.74, 6) is 0.662. The Kier molecular flexibility index (Phi) is 8.96. The first-order valence-corrected chi connectivity index (χ1v) is 8.92. The molecular weight excluding hydrogens is 439 g/mol. The lowest BCUT2D eigenvalue weighted by Crippen LogP contribution is -2.48. The summed E-state index contributed by atoms with van der Waals surface area (Å²) >= 11 is 1.70. The average molecular weight is 466 g/mol. The molecular formula is C16H27IN4O2S. The first-order chi connectivity index (χ1) is 11.0. The maximum absolute atomic E-state index is 12.0. The topological polar surface area (TPSA) is 66.8 Å². The van der Waals surface area contributed by atoms with Crippen molar-refractivity contribution < 1.29 is 9.53 Å². The van der Waals surface area contributed by atoms with E-state index >= 15 is 0 Å². The van der Waals surface area contributed by atoms with Gasteiger partial charge in [-0.05, 0) is 33.6 Å². The summed E-state index contributed by atoms with van der Waals surface area (Å²) in [7, 11) is 1.77. The van der Waals surface area contributed by atoms with E-state index in [-0.39, 0.29) is 35.9 Å². The second-order valence-electron chi connectivity index (χ2n) is 5.69. The van der Waals surface area contributed by atoms with Gasteiger partial charge in [0.05, 0.1) is 24.8 Å². The molecule has 24 heavy (non-hydrogen) atoms. The molecule has 1 aromatic rings. The number of aromatic nitrogens is 1. The predicted octanol–water partition coefficient (Wildman–Crippen LogP) is 2.73. The van der Waals surface area contributed by atoms with Crippen molar-refractivity contribution in [1.82, 2.24) is 15.2 Å². The number of guanidine groups is 1. The zero-order chi connectivity index (χ0) is 16.8. The summed E-state index contributed by atoms with van der Waals surface area (Å²) in [6.45, 7) is 8.62. The molecule has 0 radical (unpaired) electrons. The Morgan fingerprint density at radius 1 is 1.50 bits per heavy atom. The Labute approximate surface area is 165 Å². The third-order valence-electron chi connectivity index (χ3n) is 4.02. The number of nitrogens with one attached hydrogen (secondary N) is 1. The van der Waals surface area contributed by atoms with Crippen LogP contribution in [0.3, 0.4) is 0 Å². The second kappa shape index (κ2) is 10.2. The van der Waals surface area contributed by atoms with E-state index in [1.807, 2.05) is 13.8 Å². The predicted molar refractivity (Wildman–Crippen MR) is 108 cm³/mol. The molecule has 1 saturated heterocycles. The number of hydrogen-bond donors (Lipinski definition) is 1. The van der Waals surface area contributed by atoms with Gasteiger partial charge >= 0.3 is 5.97 Å². The minimum Gasteiger partial charge on any atom is -0.466 e. The lowest BCUT2D eigenvalue weighted by atomic mass is 9.98. The molecule has 0 amide bonds. The van der Waals surface area contributed by atoms with Crippen molar-refractivity contribution in [1.29, 1.82) is 0 Å². The van der Waals surface area contributed by atoms with Gasteiger partial charge in [-0.1, -0.05) is 0 Å². The smallest absolute Gasteiger partial charge is 0.310 e. The van der Waals surface area contributed by atoms with E-state index in [9.17, 15) is 4.79 Å². The quantitative estimate of drug-likeness (QED) is 0.320. The maximum atomic E-state index is 12.0. The minimum atomic E-state index is -0.0983. The number of thiazole rings is 1. The SMILES string of the molecule is CCOC(=O)[C@@H]1CCCN(C(=NC)NCc2nc(C)c(C)s2)C1.I. The number of aliphatic imine (C=N–C) groups is 1. The summed E-state index contributed by atoms with van der Waals surface area (Å²) in [6.07, 6.45) is 1.86. The van der Waals surface area contributed by atoms with Crippen LogP contribution in [0.25, 0.3) is 0 Å². The van der Waals surface area contributed by atoms with Crippen molar-refractivity contribution in [3.8, 4) is 0 Å². The van der Waals surface area contributed by atoms with Crippen molar-refractivity contribution in [2.24, 2.45) is 10.9 Å². The number of esters is 1. The fraction of sp³-hybridized carbons (Fsp3) is 0.688. The first kappa shape index (κ1) is 21.1. The van der Waals surface area contributed by atoms with Crippen LogP contribution in [0.2, 0.25) is 0 Å². The molecule has 0 aliphatic carbocycles. The molecule has 0 spiro atoms. The van der Waals surface area contributed by atoms with Gasteiger partial charge in [-0.15, -0.1) is 35.3 Å². The lowest BCUT2D eigenvalue weighted by molar-refractivity contribution is -0.149. The number of aryl methyl sites for hydroxylation is 2. The van der Waals surface area contributed by atoms with E-state index in [1.165, 1.54) is 4.88 Å². The monoisotopic (exact) mass is 466 g/mol. The van der Waals surface area contributed by atoms with Crippen LogP contribution in [0.1, 0.15) is 35.3 Å². The zero-order valence-corrected chi connectivity index (χ0v) is 17.9. The number of carbonyl (C=O) groups excluding carboxylic acids is 1. The molecule has 2 heterocycles. The van der Waals surface area contributed by atoms with Crippen LogP contribution in [0, 0.1) is 19.8 Å². The number of halogens is 1. The summed E-state index contributed by atoms with van der Waals surface area (Å²) in [5.41, 5.74) is 1.09. The molecule has 1 N–H and O–H groups in total. The maximum Gasteiger partial charge on any atom is 0.310 e. The molecule has 1 fully saturated rings. The number of piperidine rings is 1. The molecule has 8 heteroatoms. The third-order valence-corrected chi connectivity index (χ3v) is 5.10. The molecule has 0 bridgehead atoms. The molecule has 1 aromatic heterocycles. The molecule has 1 aliphatic heterocycles. The van der Waals surface area contributed by atoms with Crippen LogP contribution >= 0.6 is 35.3 Å². The fourth-order valence-corrected chi connectivity index (χ4v) is 3.60. The van der Waals surface area contributed by atoms with E-state index in [0.29, 0.717) is 19.7 Å². The lowest BCUT2D eigenvalue weighted by Gasteiger charge is -2.33. The highest BCUT2D eigenvalue weighted by molar-refractivity contribution is 14.0. The van der Waals surface area contributed by atoms with Crippen LogP contribution in [0.15, 0.2) is 4.99 Å². The first-order valence-electron chi connectivity index (χ1n) is 8.10. The van der Waals surface area contributed by atoms with Crippen LogP contribution in [-0.4, -0.2) is 48.6 Å². The van der Waals surface area contributed by atoms with Crippen LogP contribution in [0.5, 0.6) is 0 Å². The van der Waals surface area contributed by atoms with Gasteiger partial charge in [-0.2, -0.15) is 0 Å². The van der Waals surface area contributed by atoms with Crippen LogP contribution in [-0.2, 0) is 16.1 Å². The summed E-state index contributed by atoms with van der Waals surface area (Å²) < 4.78 is 5.15. The summed E-state index contributed by atoms with van der Waals surface area (Å²) in [6, 6.07) is 0. The largest absolute Gasteiger partial charge is 0.466 e. The normalized spacial score (nSPS) is 18.1. The van der Waals surface area contributed by atoms with Gasteiger partial charge in [-0.25, -0.2) is 4.98 Å². The number of rotatable bonds is 4. The van der Waals surface area contributed by atoms with E-state index in [2.05, 4.69) is 27.1 Å². The standard InChI is InChI=1S/C16H26N4O2S.HI/c1-5-22-15(21)13-7-6-8-20(10-13)16(17-4)18-9-14-19-11(2)12(3)23-14;/h13H,5-10H2,1-4H3,(H,17,18);1H/t13-;/m1./s1. The number of hydrogen-bond acceptors (Lipinski definition) is 5. The van der Waals surface area contributed by atoms with Crippen molar-refractivity contribution in [2.75, 3.05) is 26.7 Å². The van der Waals surface area contributed by atoms with Gasteiger partial charge in [0.25, 0.3) is 0 Å². The molecule has 1 atom stereocenters. The van der Waals surface area contributed by atoms with Gasteiger partial charge in [-0.3, -0.25) is 9.79 Å². The Morgan fingerprint density at radius 2 is 2.25 bits per heavy atom. The van der Waals surface area contributed by atoms with E-state index in [1.54, 1.807) is 18.4 Å². The van der Waals surface area contributed by atoms with Crippen molar-refractivity contribution in [3.05, 3.63) is 15.6 Å². The third kappa shape index (κ3) is 5.58. The number of nitrogens with zero attached hydrogens (tertiary/aromatic N) is 3. The summed E-state index contributed by atoms with van der Waals surface area (Å²) in [4.78, 5) is 24.2. The molecule has 0 unspecified atom stereocenters. The van der Waals surface area contributed by atoms with Crippen molar-refractivity contribution in [3.63, 3.8) is 0 Å². The van der Waals surface area contributed by atoms with E-state index in [0.717, 1.165) is 36.0 Å². The van der Waals surface area contributed by atoms with Gasteiger partial charge in [0.2, 0.25) is 0 Å². The number of likely N-dealkylation sites (tertiary alicyclic amines) is 1. The Morgan fingerprint density at radius 3 is 2.83 bits per heavy atom. The molecule has 6 nitrogen and oxygen atoms in total. The van der Waals surface area contributed by atoms with Gasteiger partial charge in [0, 0.05) is 25.0 Å². The van der Waals surface area contributed by atoms with Crippen molar-refractivity contribution in [2.45, 2.75) is 40.2 Å². The number of carbonyl (C=O) groups is 1. The molecule has 1 aliphatic rings. The highest BCUT2D eigenvalue weighted by Crippen LogP contribution is 2.19. The molecule has 0 saturated carbocycles. The Bertz CT molecular complexity index is 557. The van der Waals surface area contributed by atoms with Crippen LogP contribution in [0.4, 0.5) is 0 Å². The highest BCUT2D eigenvalue weighted by Gasteiger charge is 2.28. The van der Waals surface area contributed by atoms with E-state index in [4.69, 9.17) is 4.74 Å². The highest BCUT2D eigenvalue weighted by atomic mass is 127. The molecule has 2 rings (SSSR count). The fourth-order valence-electron chi connectivity index (χ4n) is 2.72. The van der Waals surface area contributed by atoms with Gasteiger partial charge in [0.1, 0.15) is 5.01 Å². The van der Waals surface area contributed by atoms with Gasteiger partial charge < -0.3 is 15.0 Å². The van der Waals surface area contributed by atoms with Crippen molar-refractivity contribution >= 4 is 47.2 Å². The zero-order valence-electron chi connectivity index (χ0n) is 14.8. The molecule has 136 valence electrons. The summed E-state index contributed by atoms with van der Waals surface area (Å²) in [5, 5.41) is 4.41. The van der Waals surface area contributed by atoms with Gasteiger partial charge in [0.15, 0.2) is 5.96 Å². The average Bonchev–Trinajstić information content (AvgIpc) is 2.87. The minimum absolute atomic E-state index is 0. The second-order valence-corrected chi connectivity index (χ2v) is 6.97. The molecule has 0 aromatic carbocycles. The van der Waals surface area contributed by atoms with Crippen LogP contribution < -0.4 is 5.32 Å². The van der Waals surface area contributed by atoms with E-state index < -0.39 is 0 Å².